The molecule has 5 rings (SSSR count). The maximum Gasteiger partial charge on any atom is 0.255 e. The fraction of sp³-hybridized carbons (Fsp3) is 0.588. The van der Waals surface area contributed by atoms with Gasteiger partial charge < -0.3 is 15.0 Å². The van der Waals surface area contributed by atoms with Crippen molar-refractivity contribution in [2.45, 2.75) is 38.3 Å². The molecular formula is C17H21ClN2O2. The molecule has 1 amide bonds. The number of nitrogens with one attached hydrogen (secondary N) is 1. The van der Waals surface area contributed by atoms with Crippen LogP contribution in [-0.2, 0) is 6.42 Å². The molecular weight excluding hydrogens is 300 g/mol. The molecule has 22 heavy (non-hydrogen) atoms. The largest absolute Gasteiger partial charge is 0.489 e. The second kappa shape index (κ2) is 5.43. The van der Waals surface area contributed by atoms with E-state index in [-0.39, 0.29) is 18.1 Å². The quantitative estimate of drug-likeness (QED) is 0.910. The third-order valence-corrected chi connectivity index (χ3v) is 5.39. The van der Waals surface area contributed by atoms with Crippen LogP contribution in [0.15, 0.2) is 12.1 Å². The lowest BCUT2D eigenvalue weighted by atomic mass is 9.84. The molecule has 2 atom stereocenters. The van der Waals surface area contributed by atoms with Crippen molar-refractivity contribution < 1.29 is 9.53 Å². The van der Waals surface area contributed by atoms with Gasteiger partial charge >= 0.3 is 0 Å². The molecule has 1 N–H and O–H groups in total. The van der Waals surface area contributed by atoms with Gasteiger partial charge in [-0.15, -0.1) is 0 Å². The van der Waals surface area contributed by atoms with E-state index in [1.165, 1.54) is 25.9 Å². The van der Waals surface area contributed by atoms with Gasteiger partial charge in [-0.1, -0.05) is 11.6 Å². The van der Waals surface area contributed by atoms with Crippen LogP contribution in [0, 0.1) is 5.92 Å². The SMILES string of the molecule is CC1Cc2cc(Cl)cc(C(=O)NC3CN4CCC3CC4)c2O1. The van der Waals surface area contributed by atoms with Crippen molar-refractivity contribution >= 4 is 17.5 Å². The van der Waals surface area contributed by atoms with Crippen molar-refractivity contribution in [3.8, 4) is 5.75 Å². The van der Waals surface area contributed by atoms with Gasteiger partial charge in [0.15, 0.2) is 0 Å². The number of carbonyl (C=O) groups excluding carboxylic acids is 1. The van der Waals surface area contributed by atoms with Gasteiger partial charge in [-0.3, -0.25) is 4.79 Å². The zero-order chi connectivity index (χ0) is 15.3. The Bertz CT molecular complexity index is 611. The Labute approximate surface area is 135 Å². The highest BCUT2D eigenvalue weighted by atomic mass is 35.5. The molecule has 4 aliphatic rings. The van der Waals surface area contributed by atoms with E-state index in [9.17, 15) is 4.79 Å². The zero-order valence-corrected chi connectivity index (χ0v) is 13.5. The van der Waals surface area contributed by atoms with Crippen LogP contribution in [0.3, 0.4) is 0 Å². The molecule has 2 bridgehead atoms. The molecule has 0 saturated carbocycles. The minimum atomic E-state index is -0.0494. The molecule has 0 aromatic heterocycles. The minimum absolute atomic E-state index is 0.0494. The minimum Gasteiger partial charge on any atom is -0.489 e. The van der Waals surface area contributed by atoms with E-state index in [0.717, 1.165) is 24.3 Å². The topological polar surface area (TPSA) is 41.6 Å². The molecule has 4 heterocycles. The fourth-order valence-corrected chi connectivity index (χ4v) is 4.28. The second-order valence-electron chi connectivity index (χ2n) is 6.79. The average Bonchev–Trinajstić information content (AvgIpc) is 2.87. The molecule has 4 nitrogen and oxygen atoms in total. The van der Waals surface area contributed by atoms with Crippen molar-refractivity contribution in [2.24, 2.45) is 5.92 Å². The Morgan fingerprint density at radius 1 is 1.36 bits per heavy atom. The van der Waals surface area contributed by atoms with Crippen molar-refractivity contribution in [2.75, 3.05) is 19.6 Å². The molecule has 0 radical (unpaired) electrons. The lowest BCUT2D eigenvalue weighted by Gasteiger charge is -2.44. The molecule has 1 aromatic rings. The monoisotopic (exact) mass is 320 g/mol. The van der Waals surface area contributed by atoms with E-state index >= 15 is 0 Å². The van der Waals surface area contributed by atoms with E-state index in [4.69, 9.17) is 16.3 Å². The highest BCUT2D eigenvalue weighted by molar-refractivity contribution is 6.31. The lowest BCUT2D eigenvalue weighted by Crippen LogP contribution is -2.57. The number of carbonyl (C=O) groups is 1. The highest BCUT2D eigenvalue weighted by Crippen LogP contribution is 2.36. The Morgan fingerprint density at radius 3 is 2.82 bits per heavy atom. The maximum absolute atomic E-state index is 12.7. The first-order chi connectivity index (χ1) is 10.6. The van der Waals surface area contributed by atoms with E-state index in [1.807, 2.05) is 13.0 Å². The summed E-state index contributed by atoms with van der Waals surface area (Å²) in [6.07, 6.45) is 3.30. The molecule has 5 heteroatoms. The van der Waals surface area contributed by atoms with E-state index in [0.29, 0.717) is 16.5 Å². The molecule has 0 spiro atoms. The Kier molecular flexibility index (Phi) is 3.54. The predicted octanol–water partition coefficient (Wildman–Crippen LogP) is 2.49. The average molecular weight is 321 g/mol. The third kappa shape index (κ3) is 2.48. The lowest BCUT2D eigenvalue weighted by molar-refractivity contribution is 0.0618. The first-order valence-electron chi connectivity index (χ1n) is 8.12. The number of piperidine rings is 3. The third-order valence-electron chi connectivity index (χ3n) is 5.17. The van der Waals surface area contributed by atoms with Crippen LogP contribution in [0.1, 0.15) is 35.7 Å². The summed E-state index contributed by atoms with van der Waals surface area (Å²) in [6, 6.07) is 3.89. The zero-order valence-electron chi connectivity index (χ0n) is 12.8. The molecule has 0 aliphatic carbocycles. The van der Waals surface area contributed by atoms with Gasteiger partial charge in [-0.05, 0) is 50.9 Å². The van der Waals surface area contributed by atoms with E-state index in [1.54, 1.807) is 6.07 Å². The number of hydrogen-bond donors (Lipinski definition) is 1. The summed E-state index contributed by atoms with van der Waals surface area (Å²) in [5, 5.41) is 3.83. The van der Waals surface area contributed by atoms with Crippen molar-refractivity contribution in [1.29, 1.82) is 0 Å². The van der Waals surface area contributed by atoms with Crippen LogP contribution in [0.25, 0.3) is 0 Å². The van der Waals surface area contributed by atoms with Crippen LogP contribution in [-0.4, -0.2) is 42.6 Å². The number of ether oxygens (including phenoxy) is 1. The number of amides is 1. The summed E-state index contributed by atoms with van der Waals surface area (Å²) in [7, 11) is 0. The second-order valence-corrected chi connectivity index (χ2v) is 7.23. The molecule has 2 unspecified atom stereocenters. The molecule has 1 aromatic carbocycles. The number of nitrogens with zero attached hydrogens (tertiary/aromatic N) is 1. The maximum atomic E-state index is 12.7. The number of halogens is 1. The Morgan fingerprint density at radius 2 is 2.14 bits per heavy atom. The normalized spacial score (nSPS) is 32.5. The van der Waals surface area contributed by atoms with Gasteiger partial charge in [0.2, 0.25) is 0 Å². The summed E-state index contributed by atoms with van der Waals surface area (Å²) in [5.41, 5.74) is 1.63. The highest BCUT2D eigenvalue weighted by Gasteiger charge is 2.36. The van der Waals surface area contributed by atoms with Gasteiger partial charge in [-0.25, -0.2) is 0 Å². The van der Waals surface area contributed by atoms with Gasteiger partial charge in [-0.2, -0.15) is 0 Å². The molecule has 3 fully saturated rings. The van der Waals surface area contributed by atoms with Crippen LogP contribution in [0.2, 0.25) is 5.02 Å². The Hall–Kier alpha value is -1.26. The first kappa shape index (κ1) is 14.3. The fourth-order valence-electron chi connectivity index (χ4n) is 4.04. The summed E-state index contributed by atoms with van der Waals surface area (Å²) in [5.74, 6) is 1.28. The van der Waals surface area contributed by atoms with Crippen molar-refractivity contribution in [3.63, 3.8) is 0 Å². The van der Waals surface area contributed by atoms with Gasteiger partial charge in [0, 0.05) is 29.6 Å². The number of benzene rings is 1. The Balaban J connectivity index is 1.56. The number of hydrogen-bond acceptors (Lipinski definition) is 3. The van der Waals surface area contributed by atoms with Crippen molar-refractivity contribution in [3.05, 3.63) is 28.3 Å². The van der Waals surface area contributed by atoms with E-state index < -0.39 is 0 Å². The number of rotatable bonds is 2. The van der Waals surface area contributed by atoms with Crippen LogP contribution < -0.4 is 10.1 Å². The molecule has 3 saturated heterocycles. The van der Waals surface area contributed by atoms with Gasteiger partial charge in [0.1, 0.15) is 11.9 Å². The number of fused-ring (bicyclic) bond motifs is 4. The van der Waals surface area contributed by atoms with E-state index in [2.05, 4.69) is 10.2 Å². The van der Waals surface area contributed by atoms with Crippen LogP contribution in [0.4, 0.5) is 0 Å². The van der Waals surface area contributed by atoms with Crippen molar-refractivity contribution in [1.82, 2.24) is 10.2 Å². The summed E-state index contributed by atoms with van der Waals surface area (Å²) < 4.78 is 5.84. The summed E-state index contributed by atoms with van der Waals surface area (Å²) in [4.78, 5) is 15.2. The molecule has 4 aliphatic heterocycles. The standard InChI is InChI=1S/C17H21ClN2O2/c1-10-6-12-7-13(18)8-14(16(12)22-10)17(21)19-15-9-20-4-2-11(15)3-5-20/h7-8,10-11,15H,2-6,9H2,1H3,(H,19,21). The van der Waals surface area contributed by atoms with Gasteiger partial charge in [0.05, 0.1) is 5.56 Å². The summed E-state index contributed by atoms with van der Waals surface area (Å²) >= 11 is 6.18. The smallest absolute Gasteiger partial charge is 0.255 e. The molecule has 118 valence electrons. The predicted molar refractivity (Wildman–Crippen MR) is 85.7 cm³/mol. The summed E-state index contributed by atoms with van der Waals surface area (Å²) in [6.45, 7) is 5.33. The first-order valence-corrected chi connectivity index (χ1v) is 8.50. The van der Waals surface area contributed by atoms with Crippen LogP contribution >= 0.6 is 11.6 Å². The van der Waals surface area contributed by atoms with Gasteiger partial charge in [0.25, 0.3) is 5.91 Å². The van der Waals surface area contributed by atoms with Crippen LogP contribution in [0.5, 0.6) is 5.75 Å².